The van der Waals surface area contributed by atoms with Crippen LogP contribution in [-0.2, 0) is 0 Å². The van der Waals surface area contributed by atoms with Crippen molar-refractivity contribution in [2.75, 3.05) is 0 Å². The van der Waals surface area contributed by atoms with Crippen molar-refractivity contribution in [3.05, 3.63) is 59.9 Å². The predicted molar refractivity (Wildman–Crippen MR) is 67.0 cm³/mol. The number of rotatable bonds is 3. The highest BCUT2D eigenvalue weighted by Crippen LogP contribution is 2.27. The van der Waals surface area contributed by atoms with Gasteiger partial charge in [0.25, 0.3) is 0 Å². The predicted octanol–water partition coefficient (Wildman–Crippen LogP) is 4.18. The van der Waals surface area contributed by atoms with Gasteiger partial charge in [0.15, 0.2) is 5.78 Å². The van der Waals surface area contributed by atoms with Crippen molar-refractivity contribution in [1.29, 1.82) is 0 Å². The highest BCUT2D eigenvalue weighted by atomic mass is 32.2. The van der Waals surface area contributed by atoms with Gasteiger partial charge in [-0.15, -0.1) is 0 Å². The molecule has 0 unspecified atom stereocenters. The molecule has 0 spiro atoms. The number of carbonyl (C=O) groups excluding carboxylic acids is 1. The lowest BCUT2D eigenvalue weighted by atomic mass is 10.2. The van der Waals surface area contributed by atoms with Gasteiger partial charge in [-0.3, -0.25) is 4.79 Å². The topological polar surface area (TPSA) is 17.1 Å². The van der Waals surface area contributed by atoms with Crippen LogP contribution in [-0.4, -0.2) is 5.78 Å². The van der Waals surface area contributed by atoms with Gasteiger partial charge in [-0.2, -0.15) is 0 Å². The van der Waals surface area contributed by atoms with Crippen molar-refractivity contribution in [2.24, 2.45) is 0 Å². The van der Waals surface area contributed by atoms with Gasteiger partial charge in [-0.1, -0.05) is 23.9 Å². The van der Waals surface area contributed by atoms with Gasteiger partial charge < -0.3 is 0 Å². The third-order valence-electron chi connectivity index (χ3n) is 2.31. The van der Waals surface area contributed by atoms with E-state index in [1.54, 1.807) is 31.2 Å². The molecule has 17 heavy (non-hydrogen) atoms. The number of hydrogen-bond acceptors (Lipinski definition) is 2. The Bertz CT molecular complexity index is 517. The molecule has 0 amide bonds. The van der Waals surface area contributed by atoms with Crippen molar-refractivity contribution in [2.45, 2.75) is 16.7 Å². The zero-order valence-electron chi connectivity index (χ0n) is 9.31. The highest BCUT2D eigenvalue weighted by Gasteiger charge is 2.01. The fraction of sp³-hybridized carbons (Fsp3) is 0.0714. The van der Waals surface area contributed by atoms with E-state index in [0.717, 1.165) is 9.79 Å². The molecule has 0 bridgehead atoms. The number of hydrogen-bond donors (Lipinski definition) is 0. The summed E-state index contributed by atoms with van der Waals surface area (Å²) in [4.78, 5) is 13.1. The van der Waals surface area contributed by atoms with Gasteiger partial charge in [-0.25, -0.2) is 4.39 Å². The number of Topliss-reactive ketones (excluding diaryl/α,β-unsaturated/α-hetero) is 1. The van der Waals surface area contributed by atoms with E-state index in [2.05, 4.69) is 0 Å². The fourth-order valence-corrected chi connectivity index (χ4v) is 2.21. The van der Waals surface area contributed by atoms with Crippen LogP contribution < -0.4 is 0 Å². The molecule has 86 valence electrons. The number of benzene rings is 2. The van der Waals surface area contributed by atoms with E-state index in [1.807, 2.05) is 12.1 Å². The van der Waals surface area contributed by atoms with E-state index in [4.69, 9.17) is 0 Å². The SMILES string of the molecule is CC(=O)c1ccc(Sc2ccc(F)cc2)cc1. The first-order valence-electron chi connectivity index (χ1n) is 5.19. The molecular formula is C14H11FOS. The molecule has 2 rings (SSSR count). The molecule has 0 heterocycles. The molecule has 0 radical (unpaired) electrons. The van der Waals surface area contributed by atoms with Crippen LogP contribution in [0.15, 0.2) is 58.3 Å². The Balaban J connectivity index is 2.13. The maximum absolute atomic E-state index is 12.7. The summed E-state index contributed by atoms with van der Waals surface area (Å²) >= 11 is 1.54. The van der Waals surface area contributed by atoms with E-state index < -0.39 is 0 Å². The first-order chi connectivity index (χ1) is 8.15. The third kappa shape index (κ3) is 3.17. The highest BCUT2D eigenvalue weighted by molar-refractivity contribution is 7.99. The lowest BCUT2D eigenvalue weighted by Gasteiger charge is -2.02. The van der Waals surface area contributed by atoms with E-state index in [9.17, 15) is 9.18 Å². The zero-order chi connectivity index (χ0) is 12.3. The second-order valence-electron chi connectivity index (χ2n) is 3.64. The molecule has 2 aromatic rings. The molecule has 0 aliphatic rings. The summed E-state index contributed by atoms with van der Waals surface area (Å²) in [5.41, 5.74) is 0.702. The Morgan fingerprint density at radius 1 is 0.941 bits per heavy atom. The molecule has 3 heteroatoms. The summed E-state index contributed by atoms with van der Waals surface area (Å²) in [7, 11) is 0. The number of halogens is 1. The third-order valence-corrected chi connectivity index (χ3v) is 3.33. The smallest absolute Gasteiger partial charge is 0.159 e. The summed E-state index contributed by atoms with van der Waals surface area (Å²) in [5, 5.41) is 0. The molecule has 2 aromatic carbocycles. The molecule has 0 aliphatic carbocycles. The van der Waals surface area contributed by atoms with Crippen LogP contribution in [0.25, 0.3) is 0 Å². The van der Waals surface area contributed by atoms with E-state index in [0.29, 0.717) is 5.56 Å². The largest absolute Gasteiger partial charge is 0.295 e. The van der Waals surface area contributed by atoms with Gasteiger partial charge in [-0.05, 0) is 43.3 Å². The van der Waals surface area contributed by atoms with Crippen molar-refractivity contribution < 1.29 is 9.18 Å². The minimum Gasteiger partial charge on any atom is -0.295 e. The molecule has 0 aromatic heterocycles. The average molecular weight is 246 g/mol. The zero-order valence-corrected chi connectivity index (χ0v) is 10.1. The first kappa shape index (κ1) is 11.9. The van der Waals surface area contributed by atoms with Gasteiger partial charge in [0, 0.05) is 15.4 Å². The number of ketones is 1. The quantitative estimate of drug-likeness (QED) is 0.756. The summed E-state index contributed by atoms with van der Waals surface area (Å²) in [5.74, 6) is -0.176. The molecular weight excluding hydrogens is 235 g/mol. The van der Waals surface area contributed by atoms with Crippen LogP contribution in [0.1, 0.15) is 17.3 Å². The standard InChI is InChI=1S/C14H11FOS/c1-10(16)11-2-6-13(7-3-11)17-14-8-4-12(15)5-9-14/h2-9H,1H3. The Kier molecular flexibility index (Phi) is 3.59. The van der Waals surface area contributed by atoms with E-state index in [-0.39, 0.29) is 11.6 Å². The van der Waals surface area contributed by atoms with Crippen molar-refractivity contribution in [1.82, 2.24) is 0 Å². The maximum Gasteiger partial charge on any atom is 0.159 e. The molecule has 0 fully saturated rings. The second kappa shape index (κ2) is 5.15. The van der Waals surface area contributed by atoms with Crippen molar-refractivity contribution >= 4 is 17.5 Å². The van der Waals surface area contributed by atoms with E-state index in [1.165, 1.54) is 23.9 Å². The van der Waals surface area contributed by atoms with Gasteiger partial charge >= 0.3 is 0 Å². The van der Waals surface area contributed by atoms with Gasteiger partial charge in [0.1, 0.15) is 5.82 Å². The lowest BCUT2D eigenvalue weighted by molar-refractivity contribution is 0.101. The van der Waals surface area contributed by atoms with Gasteiger partial charge in [0.05, 0.1) is 0 Å². The van der Waals surface area contributed by atoms with E-state index >= 15 is 0 Å². The minimum absolute atomic E-state index is 0.0586. The Morgan fingerprint density at radius 3 is 1.88 bits per heavy atom. The summed E-state index contributed by atoms with van der Waals surface area (Å²) in [6, 6.07) is 13.7. The molecule has 0 N–H and O–H groups in total. The number of carbonyl (C=O) groups is 1. The Morgan fingerprint density at radius 2 is 1.41 bits per heavy atom. The summed E-state index contributed by atoms with van der Waals surface area (Å²) in [6.07, 6.45) is 0. The summed E-state index contributed by atoms with van der Waals surface area (Å²) < 4.78 is 12.7. The van der Waals surface area contributed by atoms with Crippen LogP contribution in [0.5, 0.6) is 0 Å². The van der Waals surface area contributed by atoms with Gasteiger partial charge in [0.2, 0.25) is 0 Å². The van der Waals surface area contributed by atoms with Crippen LogP contribution >= 0.6 is 11.8 Å². The van der Waals surface area contributed by atoms with Crippen LogP contribution in [0.3, 0.4) is 0 Å². The molecule has 0 saturated heterocycles. The van der Waals surface area contributed by atoms with Crippen LogP contribution in [0.4, 0.5) is 4.39 Å². The maximum atomic E-state index is 12.7. The average Bonchev–Trinajstić information content (AvgIpc) is 2.33. The lowest BCUT2D eigenvalue weighted by Crippen LogP contribution is -1.90. The normalized spacial score (nSPS) is 10.2. The Hall–Kier alpha value is -1.61. The minimum atomic E-state index is -0.235. The van der Waals surface area contributed by atoms with Crippen molar-refractivity contribution in [3.63, 3.8) is 0 Å². The molecule has 1 nitrogen and oxygen atoms in total. The van der Waals surface area contributed by atoms with Crippen LogP contribution in [0.2, 0.25) is 0 Å². The second-order valence-corrected chi connectivity index (χ2v) is 4.78. The monoisotopic (exact) mass is 246 g/mol. The molecule has 0 atom stereocenters. The Labute approximate surface area is 104 Å². The van der Waals surface area contributed by atoms with Crippen LogP contribution in [0, 0.1) is 5.82 Å². The molecule has 0 saturated carbocycles. The first-order valence-corrected chi connectivity index (χ1v) is 6.01. The summed E-state index contributed by atoms with van der Waals surface area (Å²) in [6.45, 7) is 1.54. The molecule has 0 aliphatic heterocycles. The fourth-order valence-electron chi connectivity index (χ4n) is 1.40. The van der Waals surface area contributed by atoms with Crippen molar-refractivity contribution in [3.8, 4) is 0 Å².